The van der Waals surface area contributed by atoms with Gasteiger partial charge in [0.05, 0.1) is 23.2 Å². The molecule has 1 aromatic carbocycles. The van der Waals surface area contributed by atoms with Crippen molar-refractivity contribution in [2.75, 3.05) is 6.54 Å². The maximum atomic E-state index is 14.7. The zero-order valence-corrected chi connectivity index (χ0v) is 32.6. The van der Waals surface area contributed by atoms with Crippen LogP contribution in [0.5, 0.6) is 5.75 Å². The van der Waals surface area contributed by atoms with E-state index in [4.69, 9.17) is 9.47 Å². The van der Waals surface area contributed by atoms with Crippen LogP contribution in [0.3, 0.4) is 0 Å². The summed E-state index contributed by atoms with van der Waals surface area (Å²) in [6.45, 7) is 6.63. The number of para-hydroxylation sites is 1. The van der Waals surface area contributed by atoms with Gasteiger partial charge in [-0.3, -0.25) is 23.9 Å². The Morgan fingerprint density at radius 2 is 1.85 bits per heavy atom. The number of allylic oxidation sites excluding steroid dienone is 1. The van der Waals surface area contributed by atoms with Crippen molar-refractivity contribution in [1.82, 2.24) is 19.9 Å². The molecule has 1 aromatic heterocycles. The van der Waals surface area contributed by atoms with E-state index >= 15 is 0 Å². The molecule has 3 aliphatic heterocycles. The van der Waals surface area contributed by atoms with E-state index < -0.39 is 85.2 Å². The van der Waals surface area contributed by atoms with Gasteiger partial charge in [0.1, 0.15) is 28.5 Å². The van der Waals surface area contributed by atoms with Crippen molar-refractivity contribution in [3.63, 3.8) is 0 Å². The molecule has 2 aromatic rings. The zero-order valence-electron chi connectivity index (χ0n) is 31.8. The van der Waals surface area contributed by atoms with Gasteiger partial charge in [-0.1, -0.05) is 43.2 Å². The fourth-order valence-corrected chi connectivity index (χ4v) is 9.68. The molecule has 15 heteroatoms. The van der Waals surface area contributed by atoms with Crippen LogP contribution in [-0.2, 0) is 40.4 Å². The highest BCUT2D eigenvalue weighted by atomic mass is 32.2. The number of aryl methyl sites for hydroxylation is 1. The number of alkyl halides is 2. The quantitative estimate of drug-likeness (QED) is 0.282. The molecule has 55 heavy (non-hydrogen) atoms. The summed E-state index contributed by atoms with van der Waals surface area (Å²) >= 11 is 0. The van der Waals surface area contributed by atoms with E-state index in [1.807, 2.05) is 12.2 Å². The first-order valence-electron chi connectivity index (χ1n) is 19.3. The second-order valence-electron chi connectivity index (χ2n) is 17.3. The van der Waals surface area contributed by atoms with Crippen LogP contribution >= 0.6 is 0 Å². The van der Waals surface area contributed by atoms with Crippen LogP contribution in [0, 0.1) is 11.8 Å². The molecule has 3 fully saturated rings. The minimum Gasteiger partial charge on any atom is -0.483 e. The maximum Gasteiger partial charge on any atom is 0.307 e. The molecule has 1 spiro atoms. The molecular weight excluding hydrogens is 735 g/mol. The predicted octanol–water partition coefficient (Wildman–Crippen LogP) is 5.58. The van der Waals surface area contributed by atoms with Crippen LogP contribution in [0.2, 0.25) is 0 Å². The lowest BCUT2D eigenvalue weighted by Gasteiger charge is -2.37. The Morgan fingerprint density at radius 1 is 1.11 bits per heavy atom. The maximum absolute atomic E-state index is 14.7. The highest BCUT2D eigenvalue weighted by Crippen LogP contribution is 2.50. The number of nitrogens with zero attached hydrogens (tertiary/aromatic N) is 2. The molecule has 2 aliphatic carbocycles. The highest BCUT2D eigenvalue weighted by Gasteiger charge is 2.64. The number of amides is 3. The molecule has 5 atom stereocenters. The second kappa shape index (κ2) is 14.1. The Balaban J connectivity index is 1.25. The summed E-state index contributed by atoms with van der Waals surface area (Å²) in [7, 11) is -4.04. The lowest BCUT2D eigenvalue weighted by atomic mass is 9.87. The number of rotatable bonds is 6. The smallest absolute Gasteiger partial charge is 0.307 e. The number of hydrogen-bond donors (Lipinski definition) is 2. The minimum atomic E-state index is -4.04. The number of fused-ring (bicyclic) bond motifs is 5. The SMILES string of the molecule is CC(C)(C)OC(=O)C[C@H]1CCCCC/C=C\[C@@H]2C[C@@]2(C(=O)NS(=O)(=O)C2(C)CC2)NC(=O)[C@@H]2C[C@]3(CCc4c(c(C(F)F)nc5ccccc45)O3)CN2C1=O. The van der Waals surface area contributed by atoms with Crippen molar-refractivity contribution in [1.29, 1.82) is 0 Å². The first-order valence-corrected chi connectivity index (χ1v) is 20.8. The van der Waals surface area contributed by atoms with Crippen LogP contribution in [0.1, 0.15) is 116 Å². The van der Waals surface area contributed by atoms with Gasteiger partial charge >= 0.3 is 5.97 Å². The van der Waals surface area contributed by atoms with Crippen molar-refractivity contribution in [3.05, 3.63) is 47.7 Å². The first-order chi connectivity index (χ1) is 25.9. The van der Waals surface area contributed by atoms with Crippen LogP contribution in [-0.4, -0.2) is 76.1 Å². The number of sulfonamides is 1. The molecule has 2 N–H and O–H groups in total. The second-order valence-corrected chi connectivity index (χ2v) is 19.5. The van der Waals surface area contributed by atoms with Gasteiger partial charge in [0.25, 0.3) is 12.3 Å². The molecule has 2 saturated carbocycles. The normalized spacial score (nSPS) is 29.9. The molecule has 1 saturated heterocycles. The number of carbonyl (C=O) groups is 4. The van der Waals surface area contributed by atoms with E-state index in [9.17, 15) is 36.4 Å². The summed E-state index contributed by atoms with van der Waals surface area (Å²) in [5.74, 6) is -4.00. The van der Waals surface area contributed by atoms with Gasteiger partial charge < -0.3 is 19.7 Å². The van der Waals surface area contributed by atoms with Crippen molar-refractivity contribution in [2.45, 2.75) is 139 Å². The van der Waals surface area contributed by atoms with Crippen LogP contribution in [0.25, 0.3) is 10.9 Å². The largest absolute Gasteiger partial charge is 0.483 e. The van der Waals surface area contributed by atoms with Gasteiger partial charge in [-0.05, 0) is 85.1 Å². The first kappa shape index (κ1) is 39.1. The molecule has 7 rings (SSSR count). The average Bonchev–Trinajstić information content (AvgIpc) is 4.00. The fourth-order valence-electron chi connectivity index (χ4n) is 8.37. The number of hydrogen-bond acceptors (Lipinski definition) is 9. The Bertz CT molecular complexity index is 2050. The number of carbonyl (C=O) groups excluding carboxylic acids is 4. The Morgan fingerprint density at radius 3 is 2.56 bits per heavy atom. The third kappa shape index (κ3) is 7.69. The van der Waals surface area contributed by atoms with Gasteiger partial charge in [-0.25, -0.2) is 22.2 Å². The van der Waals surface area contributed by atoms with Gasteiger partial charge in [0.2, 0.25) is 21.8 Å². The number of esters is 1. The van der Waals surface area contributed by atoms with E-state index in [1.165, 1.54) is 4.90 Å². The summed E-state index contributed by atoms with van der Waals surface area (Å²) in [5, 5.41) is 3.54. The number of nitrogens with one attached hydrogen (secondary N) is 2. The number of aromatic nitrogens is 1. The fraction of sp³-hybridized carbons (Fsp3) is 0.625. The predicted molar refractivity (Wildman–Crippen MR) is 198 cm³/mol. The summed E-state index contributed by atoms with van der Waals surface area (Å²) < 4.78 is 68.9. The van der Waals surface area contributed by atoms with Crippen molar-refractivity contribution in [3.8, 4) is 5.75 Å². The minimum absolute atomic E-state index is 0.0668. The topological polar surface area (TPSA) is 161 Å². The van der Waals surface area contributed by atoms with Gasteiger partial charge in [0, 0.05) is 29.2 Å². The monoisotopic (exact) mass is 784 g/mol. The van der Waals surface area contributed by atoms with E-state index in [0.717, 1.165) is 12.8 Å². The third-order valence-electron chi connectivity index (χ3n) is 11.9. The molecule has 0 unspecified atom stereocenters. The van der Waals surface area contributed by atoms with E-state index in [0.29, 0.717) is 55.0 Å². The van der Waals surface area contributed by atoms with Gasteiger partial charge in [0.15, 0.2) is 5.75 Å². The van der Waals surface area contributed by atoms with Crippen molar-refractivity contribution < 1.29 is 45.9 Å². The lowest BCUT2D eigenvalue weighted by molar-refractivity contribution is -0.159. The van der Waals surface area contributed by atoms with E-state index in [1.54, 1.807) is 52.0 Å². The standard InChI is InChI=1S/C40H50F2N4O8S/c1-37(2,3)53-30(47)20-24-12-8-6-5-7-9-13-25-21-40(25,36(50)45-55(51,52)38(4)18-19-38)44-34(48)29-22-39(23-46(29)35(24)49)17-16-27-26-14-10-11-15-28(26)43-31(33(41)42)32(27)54-39/h9-11,13-15,24-25,29,33H,5-8,12,16-23H2,1-4H3,(H,44,48)(H,45,50)/b13-9-/t24-,25-,29+,39-,40-/m1/s1. The lowest BCUT2D eigenvalue weighted by Crippen LogP contribution is -2.57. The molecule has 4 heterocycles. The van der Waals surface area contributed by atoms with Crippen LogP contribution in [0.15, 0.2) is 36.4 Å². The number of pyridine rings is 1. The molecule has 3 amide bonds. The molecule has 12 nitrogen and oxygen atoms in total. The van der Waals surface area contributed by atoms with Gasteiger partial charge in [-0.2, -0.15) is 0 Å². The number of halogens is 2. The summed E-state index contributed by atoms with van der Waals surface area (Å²) in [5.41, 5.74) is -3.20. The summed E-state index contributed by atoms with van der Waals surface area (Å²) in [6.07, 6.45) is 5.20. The molecule has 5 aliphatic rings. The van der Waals surface area contributed by atoms with Crippen LogP contribution < -0.4 is 14.8 Å². The molecule has 0 bridgehead atoms. The third-order valence-corrected chi connectivity index (χ3v) is 14.0. The Kier molecular flexibility index (Phi) is 10.0. The number of ether oxygens (including phenoxy) is 2. The average molecular weight is 785 g/mol. The van der Waals surface area contributed by atoms with E-state index in [-0.39, 0.29) is 38.0 Å². The molecule has 298 valence electrons. The summed E-state index contributed by atoms with van der Waals surface area (Å²) in [6, 6.07) is 5.74. The summed E-state index contributed by atoms with van der Waals surface area (Å²) in [4.78, 5) is 62.0. The number of benzene rings is 1. The highest BCUT2D eigenvalue weighted by molar-refractivity contribution is 7.91. The van der Waals surface area contributed by atoms with Crippen LogP contribution in [0.4, 0.5) is 8.78 Å². The zero-order chi connectivity index (χ0) is 39.6. The van der Waals surface area contributed by atoms with Gasteiger partial charge in [-0.15, -0.1) is 0 Å². The molecular formula is C40H50F2N4O8S. The Labute approximate surface area is 320 Å². The van der Waals surface area contributed by atoms with Crippen molar-refractivity contribution >= 4 is 44.6 Å². The Hall–Kier alpha value is -4.14. The van der Waals surface area contributed by atoms with E-state index in [2.05, 4.69) is 15.0 Å². The van der Waals surface area contributed by atoms with Crippen molar-refractivity contribution in [2.24, 2.45) is 11.8 Å². The molecule has 0 radical (unpaired) electrons.